The van der Waals surface area contributed by atoms with Crippen molar-refractivity contribution in [2.24, 2.45) is 0 Å². The van der Waals surface area contributed by atoms with Gasteiger partial charge in [-0.3, -0.25) is 0 Å². The average Bonchev–Trinajstić information content (AvgIpc) is 3.00. The first-order chi connectivity index (χ1) is 12.3. The molecular formula is C17H22F3N5O. The average molecular weight is 369 g/mol. The molecule has 6 nitrogen and oxygen atoms in total. The normalized spacial score (nSPS) is 23.5. The Morgan fingerprint density at radius 2 is 2.00 bits per heavy atom. The zero-order valence-corrected chi connectivity index (χ0v) is 14.6. The summed E-state index contributed by atoms with van der Waals surface area (Å²) in [5.41, 5.74) is 0.509. The topological polar surface area (TPSA) is 64.3 Å². The number of fused-ring (bicyclic) bond motifs is 1. The highest BCUT2D eigenvalue weighted by molar-refractivity contribution is 5.46. The second kappa shape index (κ2) is 6.37. The van der Waals surface area contributed by atoms with Crippen LogP contribution >= 0.6 is 0 Å². The van der Waals surface area contributed by atoms with E-state index in [9.17, 15) is 13.2 Å². The number of rotatable bonds is 2. The number of nitrogens with zero attached hydrogens (tertiary/aromatic N) is 4. The number of anilines is 1. The first-order valence-corrected chi connectivity index (χ1v) is 9.07. The first kappa shape index (κ1) is 17.5. The Bertz CT molecular complexity index is 792. The van der Waals surface area contributed by atoms with Crippen LogP contribution in [0.2, 0.25) is 0 Å². The van der Waals surface area contributed by atoms with E-state index in [1.165, 1.54) is 19.3 Å². The fourth-order valence-electron chi connectivity index (χ4n) is 4.11. The number of hydrogen-bond acceptors (Lipinski definition) is 5. The Hall–Kier alpha value is -1.90. The van der Waals surface area contributed by atoms with Crippen LogP contribution in [0.15, 0.2) is 6.07 Å². The van der Waals surface area contributed by atoms with Crippen molar-refractivity contribution in [3.63, 3.8) is 0 Å². The Kier molecular flexibility index (Phi) is 4.29. The van der Waals surface area contributed by atoms with E-state index in [0.29, 0.717) is 18.1 Å². The van der Waals surface area contributed by atoms with Gasteiger partial charge in [-0.1, -0.05) is 19.3 Å². The molecule has 2 fully saturated rings. The van der Waals surface area contributed by atoms with Crippen molar-refractivity contribution in [2.75, 3.05) is 11.9 Å². The highest BCUT2D eigenvalue weighted by Gasteiger charge is 2.39. The molecule has 4 rings (SSSR count). The van der Waals surface area contributed by atoms with Crippen LogP contribution < -0.4 is 5.32 Å². The number of ether oxygens (including phenoxy) is 1. The largest absolute Gasteiger partial charge is 0.453 e. The third-order valence-corrected chi connectivity index (χ3v) is 5.30. The van der Waals surface area contributed by atoms with E-state index >= 15 is 0 Å². The van der Waals surface area contributed by atoms with Crippen LogP contribution in [0.25, 0.3) is 5.78 Å². The monoisotopic (exact) mass is 369 g/mol. The molecule has 9 heteroatoms. The highest BCUT2D eigenvalue weighted by Crippen LogP contribution is 2.39. The lowest BCUT2D eigenvalue weighted by Gasteiger charge is -2.43. The summed E-state index contributed by atoms with van der Waals surface area (Å²) < 4.78 is 46.1. The van der Waals surface area contributed by atoms with Crippen molar-refractivity contribution in [3.05, 3.63) is 17.6 Å². The SMILES string of the molecule is Cc1cc(NC2CCOC3(CCCCC3)C2)n2nc(C(F)(F)F)nc2n1. The Morgan fingerprint density at radius 3 is 2.73 bits per heavy atom. The van der Waals surface area contributed by atoms with Crippen LogP contribution in [0.4, 0.5) is 19.0 Å². The third kappa shape index (κ3) is 3.36. The smallest absolute Gasteiger partial charge is 0.375 e. The summed E-state index contributed by atoms with van der Waals surface area (Å²) in [5.74, 6) is -0.720. The summed E-state index contributed by atoms with van der Waals surface area (Å²) in [7, 11) is 0. The van der Waals surface area contributed by atoms with E-state index in [1.54, 1.807) is 13.0 Å². The lowest BCUT2D eigenvalue weighted by atomic mass is 9.78. The van der Waals surface area contributed by atoms with Gasteiger partial charge in [-0.15, -0.1) is 5.10 Å². The molecule has 3 heterocycles. The molecule has 26 heavy (non-hydrogen) atoms. The molecule has 1 aliphatic heterocycles. The van der Waals surface area contributed by atoms with Crippen LogP contribution in [-0.4, -0.2) is 37.8 Å². The molecular weight excluding hydrogens is 347 g/mol. The van der Waals surface area contributed by atoms with Crippen LogP contribution in [-0.2, 0) is 10.9 Å². The van der Waals surface area contributed by atoms with Crippen LogP contribution in [0, 0.1) is 6.92 Å². The minimum absolute atomic E-state index is 0.0423. The van der Waals surface area contributed by atoms with Gasteiger partial charge in [0, 0.05) is 24.4 Å². The lowest BCUT2D eigenvalue weighted by Crippen LogP contribution is -2.45. The minimum atomic E-state index is -4.59. The van der Waals surface area contributed by atoms with E-state index in [0.717, 1.165) is 30.2 Å². The number of hydrogen-bond donors (Lipinski definition) is 1. The van der Waals surface area contributed by atoms with Gasteiger partial charge in [0.1, 0.15) is 5.82 Å². The number of aromatic nitrogens is 4. The Morgan fingerprint density at radius 1 is 1.23 bits per heavy atom. The fraction of sp³-hybridized carbons (Fsp3) is 0.706. The Balaban J connectivity index is 1.61. The standard InChI is InChI=1S/C17H22F3N5O/c1-11-9-13(25-15(21-11)23-14(24-25)17(18,19)20)22-12-5-8-26-16(10-12)6-3-2-4-7-16/h9,12,22H,2-8,10H2,1H3. The van der Waals surface area contributed by atoms with Crippen LogP contribution in [0.1, 0.15) is 56.5 Å². The van der Waals surface area contributed by atoms with Gasteiger partial charge in [0.15, 0.2) is 0 Å². The number of halogens is 3. The summed E-state index contributed by atoms with van der Waals surface area (Å²) in [4.78, 5) is 7.60. The Labute approximate surface area is 149 Å². The maximum absolute atomic E-state index is 13.0. The van der Waals surface area contributed by atoms with Gasteiger partial charge in [0.2, 0.25) is 0 Å². The van der Waals surface area contributed by atoms with Crippen molar-refractivity contribution < 1.29 is 17.9 Å². The van der Waals surface area contributed by atoms with Crippen molar-refractivity contribution in [3.8, 4) is 0 Å². The van der Waals surface area contributed by atoms with Gasteiger partial charge < -0.3 is 10.1 Å². The minimum Gasteiger partial charge on any atom is -0.375 e. The summed E-state index contributed by atoms with van der Waals surface area (Å²) in [6.45, 7) is 2.40. The zero-order chi connectivity index (χ0) is 18.4. The van der Waals surface area contributed by atoms with Gasteiger partial charge in [-0.25, -0.2) is 4.98 Å². The molecule has 1 spiro atoms. The molecule has 1 aliphatic carbocycles. The van der Waals surface area contributed by atoms with Gasteiger partial charge in [-0.05, 0) is 32.6 Å². The van der Waals surface area contributed by atoms with E-state index in [1.807, 2.05) is 0 Å². The number of aryl methyl sites for hydroxylation is 1. The van der Waals surface area contributed by atoms with Crippen molar-refractivity contribution in [1.82, 2.24) is 19.6 Å². The molecule has 0 bridgehead atoms. The predicted molar refractivity (Wildman–Crippen MR) is 88.9 cm³/mol. The van der Waals surface area contributed by atoms with Gasteiger partial charge in [0.05, 0.1) is 5.60 Å². The molecule has 0 radical (unpaired) electrons. The molecule has 142 valence electrons. The molecule has 2 aromatic rings. The summed E-state index contributed by atoms with van der Waals surface area (Å²) in [6, 6.07) is 1.84. The maximum Gasteiger partial charge on any atom is 0.453 e. The molecule has 2 aromatic heterocycles. The van der Waals surface area contributed by atoms with Crippen molar-refractivity contribution in [2.45, 2.75) is 69.7 Å². The molecule has 0 amide bonds. The van der Waals surface area contributed by atoms with Gasteiger partial charge in [0.25, 0.3) is 11.6 Å². The maximum atomic E-state index is 13.0. The fourth-order valence-corrected chi connectivity index (χ4v) is 4.11. The van der Waals surface area contributed by atoms with Crippen molar-refractivity contribution >= 4 is 11.6 Å². The third-order valence-electron chi connectivity index (χ3n) is 5.30. The highest BCUT2D eigenvalue weighted by atomic mass is 19.4. The molecule has 0 aromatic carbocycles. The van der Waals surface area contributed by atoms with E-state index in [2.05, 4.69) is 20.4 Å². The lowest BCUT2D eigenvalue weighted by molar-refractivity contribution is -0.144. The summed E-state index contributed by atoms with van der Waals surface area (Å²) in [6.07, 6.45) is 2.76. The van der Waals surface area contributed by atoms with Crippen LogP contribution in [0.3, 0.4) is 0 Å². The quantitative estimate of drug-likeness (QED) is 0.874. The van der Waals surface area contributed by atoms with Gasteiger partial charge >= 0.3 is 6.18 Å². The number of alkyl halides is 3. The second-order valence-corrected chi connectivity index (χ2v) is 7.35. The van der Waals surface area contributed by atoms with Crippen LogP contribution in [0.5, 0.6) is 0 Å². The van der Waals surface area contributed by atoms with E-state index < -0.39 is 12.0 Å². The summed E-state index contributed by atoms with van der Waals surface area (Å²) >= 11 is 0. The van der Waals surface area contributed by atoms with E-state index in [4.69, 9.17) is 4.74 Å². The summed E-state index contributed by atoms with van der Waals surface area (Å²) in [5, 5.41) is 6.99. The molecule has 1 unspecified atom stereocenters. The second-order valence-electron chi connectivity index (χ2n) is 7.35. The molecule has 2 aliphatic rings. The molecule has 1 N–H and O–H groups in total. The first-order valence-electron chi connectivity index (χ1n) is 9.07. The molecule has 1 atom stereocenters. The van der Waals surface area contributed by atoms with E-state index in [-0.39, 0.29) is 17.4 Å². The predicted octanol–water partition coefficient (Wildman–Crippen LogP) is 3.75. The zero-order valence-electron chi connectivity index (χ0n) is 14.6. The molecule has 1 saturated carbocycles. The number of nitrogens with one attached hydrogen (secondary N) is 1. The van der Waals surface area contributed by atoms with Gasteiger partial charge in [-0.2, -0.15) is 22.7 Å². The molecule has 1 saturated heterocycles. The van der Waals surface area contributed by atoms with Crippen molar-refractivity contribution in [1.29, 1.82) is 0 Å².